The Balaban J connectivity index is 2.41. The van der Waals surface area contributed by atoms with Crippen molar-refractivity contribution < 1.29 is 19.8 Å². The maximum Gasteiger partial charge on any atom is 0.189 e. The van der Waals surface area contributed by atoms with E-state index in [2.05, 4.69) is 0 Å². The summed E-state index contributed by atoms with van der Waals surface area (Å²) in [5.74, 6) is -1.64. The van der Waals surface area contributed by atoms with Gasteiger partial charge in [-0.2, -0.15) is 0 Å². The van der Waals surface area contributed by atoms with Crippen molar-refractivity contribution in [3.05, 3.63) is 23.3 Å². The fourth-order valence-corrected chi connectivity index (χ4v) is 5.58. The van der Waals surface area contributed by atoms with Crippen LogP contribution in [0.5, 0.6) is 0 Å². The van der Waals surface area contributed by atoms with Crippen molar-refractivity contribution in [1.29, 1.82) is 0 Å². The first-order chi connectivity index (χ1) is 9.82. The van der Waals surface area contributed by atoms with Crippen LogP contribution in [0.1, 0.15) is 41.5 Å². The van der Waals surface area contributed by atoms with Gasteiger partial charge in [-0.3, -0.25) is 9.59 Å². The molecule has 120 valence electrons. The van der Waals surface area contributed by atoms with Gasteiger partial charge >= 0.3 is 0 Å². The third-order valence-corrected chi connectivity index (χ3v) is 6.58. The lowest BCUT2D eigenvalue weighted by Gasteiger charge is -2.66. The second-order valence-corrected chi connectivity index (χ2v) is 8.11. The quantitative estimate of drug-likeness (QED) is 0.669. The first-order valence-electron chi connectivity index (χ1n) is 7.75. The zero-order valence-corrected chi connectivity index (χ0v) is 14.0. The second kappa shape index (κ2) is 3.80. The van der Waals surface area contributed by atoms with Crippen LogP contribution < -0.4 is 0 Å². The van der Waals surface area contributed by atoms with E-state index >= 15 is 0 Å². The van der Waals surface area contributed by atoms with Gasteiger partial charge in [-0.15, -0.1) is 0 Å². The molecule has 0 radical (unpaired) electrons. The van der Waals surface area contributed by atoms with Gasteiger partial charge in [0.25, 0.3) is 0 Å². The smallest absolute Gasteiger partial charge is 0.189 e. The average Bonchev–Trinajstić information content (AvgIpc) is 2.37. The van der Waals surface area contributed by atoms with E-state index in [1.54, 1.807) is 6.92 Å². The van der Waals surface area contributed by atoms with Gasteiger partial charge in [0.2, 0.25) is 0 Å². The molecule has 6 atom stereocenters. The minimum atomic E-state index is -1.60. The number of carbonyl (C=O) groups is 2. The summed E-state index contributed by atoms with van der Waals surface area (Å²) in [6, 6.07) is 0. The summed E-state index contributed by atoms with van der Waals surface area (Å²) in [7, 11) is 0. The number of hydrogen-bond acceptors (Lipinski definition) is 4. The van der Waals surface area contributed by atoms with E-state index in [4.69, 9.17) is 0 Å². The molecule has 0 unspecified atom stereocenters. The van der Waals surface area contributed by atoms with E-state index in [1.807, 2.05) is 32.9 Å². The van der Waals surface area contributed by atoms with Crippen molar-refractivity contribution in [3.63, 3.8) is 0 Å². The van der Waals surface area contributed by atoms with Crippen molar-refractivity contribution in [2.75, 3.05) is 0 Å². The minimum absolute atomic E-state index is 0.233. The monoisotopic (exact) mass is 304 g/mol. The van der Waals surface area contributed by atoms with Gasteiger partial charge in [0.05, 0.1) is 5.41 Å². The highest BCUT2D eigenvalue weighted by atomic mass is 16.3. The Kier molecular flexibility index (Phi) is 2.70. The summed E-state index contributed by atoms with van der Waals surface area (Å²) in [6.45, 7) is 10.3. The van der Waals surface area contributed by atoms with Gasteiger partial charge in [-0.05, 0) is 40.2 Å². The highest BCUT2D eigenvalue weighted by Crippen LogP contribution is 2.67. The number of fused-ring (bicyclic) bond motifs is 1. The summed E-state index contributed by atoms with van der Waals surface area (Å²) in [6.07, 6.45) is 3.76. The van der Waals surface area contributed by atoms with E-state index in [0.29, 0.717) is 5.57 Å². The molecule has 4 aliphatic rings. The Morgan fingerprint density at radius 1 is 0.955 bits per heavy atom. The molecule has 2 N–H and O–H groups in total. The van der Waals surface area contributed by atoms with E-state index in [1.165, 1.54) is 13.8 Å². The molecule has 1 saturated carbocycles. The fraction of sp³-hybridized carbons (Fsp3) is 0.667. The Labute approximate surface area is 130 Å². The van der Waals surface area contributed by atoms with Gasteiger partial charge < -0.3 is 10.2 Å². The second-order valence-electron chi connectivity index (χ2n) is 8.11. The highest BCUT2D eigenvalue weighted by molar-refractivity contribution is 6.05. The first kappa shape index (κ1) is 15.6. The van der Waals surface area contributed by atoms with Crippen LogP contribution in [-0.4, -0.2) is 33.0 Å². The van der Waals surface area contributed by atoms with Crippen LogP contribution in [-0.2, 0) is 9.59 Å². The largest absolute Gasteiger partial charge is 0.382 e. The summed E-state index contributed by atoms with van der Waals surface area (Å²) >= 11 is 0. The zero-order valence-electron chi connectivity index (χ0n) is 14.0. The molecule has 0 spiro atoms. The number of ketones is 2. The summed E-state index contributed by atoms with van der Waals surface area (Å²) < 4.78 is 0. The van der Waals surface area contributed by atoms with Gasteiger partial charge in [-0.25, -0.2) is 0 Å². The number of carbonyl (C=O) groups excluding carboxylic acids is 2. The minimum Gasteiger partial charge on any atom is -0.382 e. The van der Waals surface area contributed by atoms with Gasteiger partial charge in [-0.1, -0.05) is 24.6 Å². The molecule has 0 saturated heterocycles. The van der Waals surface area contributed by atoms with Gasteiger partial charge in [0, 0.05) is 17.3 Å². The molecule has 4 rings (SSSR count). The standard InChI is InChI=1S/C18H24O4/c1-9-7-16(4)14(20)17(5,21)11(9)12-15(16,3)8-10(2)13(19)18(12,6)22/h7-8,11-12,21-22H,1-6H3/t11-,12+,15-,16-,17+,18-/m0/s1. The third-order valence-electron chi connectivity index (χ3n) is 6.58. The Morgan fingerprint density at radius 3 is 2.05 bits per heavy atom. The average molecular weight is 304 g/mol. The summed E-state index contributed by atoms with van der Waals surface area (Å²) in [4.78, 5) is 25.5. The number of aliphatic hydroxyl groups is 2. The molecule has 0 aromatic carbocycles. The van der Waals surface area contributed by atoms with Crippen molar-refractivity contribution in [2.45, 2.75) is 52.7 Å². The normalized spacial score (nSPS) is 54.0. The SMILES string of the molecule is CC1=C[C@@]2(C)[C@@H]([C@@H]3C(C)=C[C@@]2(C)C(=O)[C@]3(C)O)[C@](C)(O)C1=O. The van der Waals surface area contributed by atoms with E-state index < -0.39 is 33.9 Å². The Morgan fingerprint density at radius 2 is 1.50 bits per heavy atom. The molecular formula is C18H24O4. The topological polar surface area (TPSA) is 74.6 Å². The van der Waals surface area contributed by atoms with E-state index in [9.17, 15) is 19.8 Å². The molecule has 0 heterocycles. The van der Waals surface area contributed by atoms with Crippen LogP contribution in [0.15, 0.2) is 23.3 Å². The third kappa shape index (κ3) is 1.36. The first-order valence-corrected chi connectivity index (χ1v) is 7.75. The molecular weight excluding hydrogens is 280 g/mol. The van der Waals surface area contributed by atoms with E-state index in [-0.39, 0.29) is 11.6 Å². The van der Waals surface area contributed by atoms with Crippen LogP contribution in [0.3, 0.4) is 0 Å². The van der Waals surface area contributed by atoms with Gasteiger partial charge in [0.15, 0.2) is 11.6 Å². The Hall–Kier alpha value is -1.26. The molecule has 0 aliphatic heterocycles. The summed E-state index contributed by atoms with van der Waals surface area (Å²) in [5.41, 5.74) is -3.45. The number of allylic oxidation sites excluding steroid dienone is 2. The van der Waals surface area contributed by atoms with Crippen LogP contribution in [0.2, 0.25) is 0 Å². The zero-order chi connectivity index (χ0) is 16.9. The van der Waals surface area contributed by atoms with Crippen LogP contribution in [0.25, 0.3) is 0 Å². The Bertz CT molecular complexity index is 667. The van der Waals surface area contributed by atoms with Crippen molar-refractivity contribution in [1.82, 2.24) is 0 Å². The maximum absolute atomic E-state index is 12.9. The van der Waals surface area contributed by atoms with E-state index in [0.717, 1.165) is 5.57 Å². The van der Waals surface area contributed by atoms with Crippen molar-refractivity contribution >= 4 is 11.6 Å². The van der Waals surface area contributed by atoms with Crippen LogP contribution in [0.4, 0.5) is 0 Å². The molecule has 2 bridgehead atoms. The summed E-state index contributed by atoms with van der Waals surface area (Å²) in [5, 5.41) is 21.9. The van der Waals surface area contributed by atoms with Crippen molar-refractivity contribution in [2.24, 2.45) is 22.7 Å². The maximum atomic E-state index is 12.9. The number of Topliss-reactive ketones (excluding diaryl/α,β-unsaturated/α-hetero) is 2. The van der Waals surface area contributed by atoms with Crippen LogP contribution >= 0.6 is 0 Å². The molecule has 4 aliphatic carbocycles. The van der Waals surface area contributed by atoms with Crippen LogP contribution in [0, 0.1) is 22.7 Å². The molecule has 0 amide bonds. The predicted octanol–water partition coefficient (Wildman–Crippen LogP) is 1.80. The predicted molar refractivity (Wildman–Crippen MR) is 82.0 cm³/mol. The lowest BCUT2D eigenvalue weighted by Crippen LogP contribution is -2.74. The van der Waals surface area contributed by atoms with Crippen molar-refractivity contribution in [3.8, 4) is 0 Å². The number of rotatable bonds is 0. The van der Waals surface area contributed by atoms with Gasteiger partial charge in [0.1, 0.15) is 11.2 Å². The molecule has 22 heavy (non-hydrogen) atoms. The number of hydrogen-bond donors (Lipinski definition) is 2. The lowest BCUT2D eigenvalue weighted by molar-refractivity contribution is -0.203. The molecule has 1 fully saturated rings. The molecule has 0 aromatic heterocycles. The highest BCUT2D eigenvalue weighted by Gasteiger charge is 2.73. The lowest BCUT2D eigenvalue weighted by atomic mass is 9.37. The molecule has 4 heteroatoms. The molecule has 0 aromatic rings. The molecule has 4 nitrogen and oxygen atoms in total. The fourth-order valence-electron chi connectivity index (χ4n) is 5.58.